The number of rotatable bonds is 2. The molecule has 0 radical (unpaired) electrons. The van der Waals surface area contributed by atoms with Crippen molar-refractivity contribution in [1.29, 1.82) is 0 Å². The maximum Gasteiger partial charge on any atom is 0.256 e. The van der Waals surface area contributed by atoms with Crippen molar-refractivity contribution in [3.05, 3.63) is 40.4 Å². The molecule has 0 aliphatic rings. The molecule has 2 rings (SSSR count). The van der Waals surface area contributed by atoms with E-state index < -0.39 is 0 Å². The van der Waals surface area contributed by atoms with E-state index in [-0.39, 0.29) is 17.3 Å². The van der Waals surface area contributed by atoms with Crippen LogP contribution in [0.25, 0.3) is 11.4 Å². The van der Waals surface area contributed by atoms with Crippen LogP contribution < -0.4 is 11.3 Å². The van der Waals surface area contributed by atoms with E-state index in [1.54, 1.807) is 24.5 Å². The van der Waals surface area contributed by atoms with E-state index in [2.05, 4.69) is 15.0 Å². The highest BCUT2D eigenvalue weighted by Crippen LogP contribution is 2.18. The predicted octanol–water partition coefficient (Wildman–Crippen LogP) is 1.54. The first-order valence-corrected chi connectivity index (χ1v) is 5.39. The van der Waals surface area contributed by atoms with Crippen molar-refractivity contribution in [3.63, 3.8) is 0 Å². The van der Waals surface area contributed by atoms with Crippen LogP contribution in [0.3, 0.4) is 0 Å². The first kappa shape index (κ1) is 11.3. The number of nitrogens with one attached hydrogen (secondary N) is 1. The van der Waals surface area contributed by atoms with Gasteiger partial charge in [-0.3, -0.25) is 9.78 Å². The molecule has 2 aromatic rings. The number of H-pyrrole nitrogens is 1. The van der Waals surface area contributed by atoms with Crippen LogP contribution in [0.1, 0.15) is 25.3 Å². The van der Waals surface area contributed by atoms with E-state index in [4.69, 9.17) is 5.73 Å². The zero-order chi connectivity index (χ0) is 12.4. The van der Waals surface area contributed by atoms with Crippen molar-refractivity contribution in [1.82, 2.24) is 15.0 Å². The molecule has 0 spiro atoms. The summed E-state index contributed by atoms with van der Waals surface area (Å²) < 4.78 is 0. The van der Waals surface area contributed by atoms with Gasteiger partial charge in [0.2, 0.25) is 0 Å². The lowest BCUT2D eigenvalue weighted by Gasteiger charge is -2.09. The molecule has 0 unspecified atom stereocenters. The molecule has 0 atom stereocenters. The number of hydrogen-bond acceptors (Lipinski definition) is 4. The van der Waals surface area contributed by atoms with E-state index in [1.165, 1.54) is 0 Å². The maximum atomic E-state index is 11.9. The van der Waals surface area contributed by atoms with Gasteiger partial charge >= 0.3 is 0 Å². The first-order chi connectivity index (χ1) is 8.09. The highest BCUT2D eigenvalue weighted by molar-refractivity contribution is 5.56. The molecule has 17 heavy (non-hydrogen) atoms. The number of hydrogen-bond donors (Lipinski definition) is 2. The smallest absolute Gasteiger partial charge is 0.256 e. The number of pyridine rings is 1. The summed E-state index contributed by atoms with van der Waals surface area (Å²) in [4.78, 5) is 22.8. The SMILES string of the molecule is CC(C)c1c(N)nc(-c2ccncc2)[nH]c1=O. The second kappa shape index (κ2) is 4.37. The minimum atomic E-state index is -0.181. The summed E-state index contributed by atoms with van der Waals surface area (Å²) >= 11 is 0. The molecule has 2 aromatic heterocycles. The molecule has 0 fully saturated rings. The lowest BCUT2D eigenvalue weighted by molar-refractivity contribution is 0.837. The third kappa shape index (κ3) is 2.18. The van der Waals surface area contributed by atoms with Crippen LogP contribution >= 0.6 is 0 Å². The third-order valence-electron chi connectivity index (χ3n) is 2.52. The van der Waals surface area contributed by atoms with E-state index in [9.17, 15) is 4.79 Å². The lowest BCUT2D eigenvalue weighted by atomic mass is 10.1. The van der Waals surface area contributed by atoms with Gasteiger partial charge in [0.15, 0.2) is 0 Å². The Bertz CT molecular complexity index is 575. The largest absolute Gasteiger partial charge is 0.383 e. The van der Waals surface area contributed by atoms with Crippen LogP contribution in [0, 0.1) is 0 Å². The first-order valence-electron chi connectivity index (χ1n) is 5.39. The van der Waals surface area contributed by atoms with Gasteiger partial charge in [-0.05, 0) is 18.1 Å². The molecule has 0 bridgehead atoms. The van der Waals surface area contributed by atoms with Crippen molar-refractivity contribution < 1.29 is 0 Å². The summed E-state index contributed by atoms with van der Waals surface area (Å²) in [6, 6.07) is 3.54. The van der Waals surface area contributed by atoms with Gasteiger partial charge in [-0.25, -0.2) is 4.98 Å². The Balaban J connectivity index is 2.58. The van der Waals surface area contributed by atoms with Gasteiger partial charge in [0.25, 0.3) is 5.56 Å². The number of nitrogens with two attached hydrogens (primary N) is 1. The maximum absolute atomic E-state index is 11.9. The quantitative estimate of drug-likeness (QED) is 0.819. The van der Waals surface area contributed by atoms with Gasteiger partial charge in [-0.2, -0.15) is 0 Å². The van der Waals surface area contributed by atoms with Crippen LogP contribution in [-0.4, -0.2) is 15.0 Å². The van der Waals surface area contributed by atoms with Crippen LogP contribution in [0.4, 0.5) is 5.82 Å². The fraction of sp³-hybridized carbons (Fsp3) is 0.250. The average Bonchev–Trinajstić information content (AvgIpc) is 2.28. The van der Waals surface area contributed by atoms with Crippen molar-refractivity contribution in [2.45, 2.75) is 19.8 Å². The summed E-state index contributed by atoms with van der Waals surface area (Å²) in [5, 5.41) is 0. The molecule has 0 aliphatic heterocycles. The molecule has 2 heterocycles. The third-order valence-corrected chi connectivity index (χ3v) is 2.52. The van der Waals surface area contributed by atoms with Gasteiger partial charge in [0.1, 0.15) is 11.6 Å². The number of aromatic amines is 1. The number of nitrogen functional groups attached to an aromatic ring is 1. The number of aromatic nitrogens is 3. The standard InChI is InChI=1S/C12H14N4O/c1-7(2)9-10(13)15-11(16-12(9)17)8-3-5-14-6-4-8/h3-7H,1-2H3,(H3,13,15,16,17). The van der Waals surface area contributed by atoms with Crippen LogP contribution in [0.2, 0.25) is 0 Å². The average molecular weight is 230 g/mol. The summed E-state index contributed by atoms with van der Waals surface area (Å²) in [6.45, 7) is 3.82. The molecule has 5 heteroatoms. The lowest BCUT2D eigenvalue weighted by Crippen LogP contribution is -2.19. The summed E-state index contributed by atoms with van der Waals surface area (Å²) in [5.74, 6) is 0.813. The van der Waals surface area contributed by atoms with Crippen LogP contribution in [0.15, 0.2) is 29.3 Å². The number of nitrogens with zero attached hydrogens (tertiary/aromatic N) is 2. The van der Waals surface area contributed by atoms with Crippen molar-refractivity contribution in [3.8, 4) is 11.4 Å². The zero-order valence-corrected chi connectivity index (χ0v) is 9.77. The second-order valence-corrected chi connectivity index (χ2v) is 4.10. The van der Waals surface area contributed by atoms with Gasteiger partial charge < -0.3 is 10.7 Å². The highest BCUT2D eigenvalue weighted by atomic mass is 16.1. The Morgan fingerprint density at radius 2 is 1.94 bits per heavy atom. The predicted molar refractivity (Wildman–Crippen MR) is 66.6 cm³/mol. The highest BCUT2D eigenvalue weighted by Gasteiger charge is 2.12. The number of anilines is 1. The van der Waals surface area contributed by atoms with Gasteiger partial charge in [0.05, 0.1) is 5.56 Å². The molecule has 0 amide bonds. The van der Waals surface area contributed by atoms with Crippen LogP contribution in [0.5, 0.6) is 0 Å². The van der Waals surface area contributed by atoms with Crippen LogP contribution in [-0.2, 0) is 0 Å². The normalized spacial score (nSPS) is 10.8. The minimum Gasteiger partial charge on any atom is -0.383 e. The van der Waals surface area contributed by atoms with E-state index in [0.29, 0.717) is 11.4 Å². The van der Waals surface area contributed by atoms with Gasteiger partial charge in [0, 0.05) is 18.0 Å². The molecule has 0 saturated heterocycles. The van der Waals surface area contributed by atoms with E-state index in [1.807, 2.05) is 13.8 Å². The molecule has 0 aliphatic carbocycles. The Hall–Kier alpha value is -2.17. The summed E-state index contributed by atoms with van der Waals surface area (Å²) in [7, 11) is 0. The minimum absolute atomic E-state index is 0.0535. The Morgan fingerprint density at radius 1 is 1.29 bits per heavy atom. The van der Waals surface area contributed by atoms with E-state index in [0.717, 1.165) is 5.56 Å². The summed E-state index contributed by atoms with van der Waals surface area (Å²) in [5.41, 5.74) is 6.95. The molecule has 88 valence electrons. The zero-order valence-electron chi connectivity index (χ0n) is 9.77. The van der Waals surface area contributed by atoms with Crippen molar-refractivity contribution >= 4 is 5.82 Å². The van der Waals surface area contributed by atoms with Crippen molar-refractivity contribution in [2.75, 3.05) is 5.73 Å². The molecule has 0 saturated carbocycles. The molecule has 5 nitrogen and oxygen atoms in total. The molecular formula is C12H14N4O. The topological polar surface area (TPSA) is 84.7 Å². The Labute approximate surface area is 98.7 Å². The van der Waals surface area contributed by atoms with Gasteiger partial charge in [-0.15, -0.1) is 0 Å². The van der Waals surface area contributed by atoms with Crippen molar-refractivity contribution in [2.24, 2.45) is 0 Å². The molecular weight excluding hydrogens is 216 g/mol. The Morgan fingerprint density at radius 3 is 2.47 bits per heavy atom. The fourth-order valence-corrected chi connectivity index (χ4v) is 1.70. The van der Waals surface area contributed by atoms with E-state index >= 15 is 0 Å². The second-order valence-electron chi connectivity index (χ2n) is 4.10. The monoisotopic (exact) mass is 230 g/mol. The fourth-order valence-electron chi connectivity index (χ4n) is 1.70. The molecule has 0 aromatic carbocycles. The Kier molecular flexibility index (Phi) is 2.91. The molecule has 3 N–H and O–H groups in total. The van der Waals surface area contributed by atoms with Gasteiger partial charge in [-0.1, -0.05) is 13.8 Å². The summed E-state index contributed by atoms with van der Waals surface area (Å²) in [6.07, 6.45) is 3.28.